The van der Waals surface area contributed by atoms with Gasteiger partial charge in [-0.25, -0.2) is 9.78 Å². The summed E-state index contributed by atoms with van der Waals surface area (Å²) in [6, 6.07) is 0. The summed E-state index contributed by atoms with van der Waals surface area (Å²) in [5.74, 6) is -0.723. The Morgan fingerprint density at radius 2 is 2.11 bits per heavy atom. The first kappa shape index (κ1) is 13.6. The molecule has 1 fully saturated rings. The molecule has 19 heavy (non-hydrogen) atoms. The van der Waals surface area contributed by atoms with Crippen molar-refractivity contribution in [3.05, 3.63) is 18.7 Å². The molecule has 2 rings (SSSR count). The molecule has 1 aromatic rings. The van der Waals surface area contributed by atoms with Crippen molar-refractivity contribution >= 4 is 11.9 Å². The molecular weight excluding hydrogens is 246 g/mol. The van der Waals surface area contributed by atoms with E-state index in [1.165, 1.54) is 0 Å². The molecule has 1 aromatic heterocycles. The Bertz CT molecular complexity index is 422. The molecule has 0 spiro atoms. The fourth-order valence-corrected chi connectivity index (χ4v) is 2.33. The number of piperidine rings is 1. The molecule has 0 aliphatic carbocycles. The molecule has 1 saturated heterocycles. The first-order valence-corrected chi connectivity index (χ1v) is 6.62. The number of nitrogens with zero attached hydrogens (tertiary/aromatic N) is 3. The molecule has 6 nitrogen and oxygen atoms in total. The molecule has 0 bridgehead atoms. The van der Waals surface area contributed by atoms with Gasteiger partial charge in [-0.05, 0) is 25.7 Å². The summed E-state index contributed by atoms with van der Waals surface area (Å²) >= 11 is 0. The summed E-state index contributed by atoms with van der Waals surface area (Å²) in [4.78, 5) is 28.7. The summed E-state index contributed by atoms with van der Waals surface area (Å²) in [5, 5.41) is 0. The van der Waals surface area contributed by atoms with E-state index < -0.39 is 11.9 Å². The smallest absolute Gasteiger partial charge is 0.397 e. The Morgan fingerprint density at radius 3 is 2.68 bits per heavy atom. The maximum atomic E-state index is 11.7. The van der Waals surface area contributed by atoms with Crippen LogP contribution in [0.4, 0.5) is 0 Å². The van der Waals surface area contributed by atoms with E-state index in [9.17, 15) is 9.59 Å². The van der Waals surface area contributed by atoms with Gasteiger partial charge in [0, 0.05) is 32.0 Å². The SMILES string of the molecule is CCOC(=O)C(=O)N1CCC(Cn2ccnc2)CC1. The van der Waals surface area contributed by atoms with E-state index >= 15 is 0 Å². The van der Waals surface area contributed by atoms with Crippen molar-refractivity contribution in [1.29, 1.82) is 0 Å². The molecule has 104 valence electrons. The largest absolute Gasteiger partial charge is 0.459 e. The van der Waals surface area contributed by atoms with Gasteiger partial charge in [-0.15, -0.1) is 0 Å². The van der Waals surface area contributed by atoms with E-state index in [4.69, 9.17) is 4.74 Å². The Morgan fingerprint density at radius 1 is 1.37 bits per heavy atom. The molecule has 0 saturated carbocycles. The number of carbonyl (C=O) groups is 2. The Labute approximate surface area is 112 Å². The molecule has 0 atom stereocenters. The average Bonchev–Trinajstić information content (AvgIpc) is 2.92. The van der Waals surface area contributed by atoms with Crippen LogP contribution in [0.3, 0.4) is 0 Å². The minimum atomic E-state index is -0.740. The number of esters is 1. The number of likely N-dealkylation sites (tertiary alicyclic amines) is 1. The molecular formula is C13H19N3O3. The van der Waals surface area contributed by atoms with E-state index in [2.05, 4.69) is 4.98 Å². The zero-order valence-corrected chi connectivity index (χ0v) is 11.1. The van der Waals surface area contributed by atoms with Gasteiger partial charge >= 0.3 is 11.9 Å². The van der Waals surface area contributed by atoms with E-state index in [1.807, 2.05) is 10.8 Å². The number of hydrogen-bond acceptors (Lipinski definition) is 4. The van der Waals surface area contributed by atoms with Crippen molar-refractivity contribution in [3.8, 4) is 0 Å². The fourth-order valence-electron chi connectivity index (χ4n) is 2.33. The standard InChI is InChI=1S/C13H19N3O3/c1-2-19-13(18)12(17)16-6-3-11(4-7-16)9-15-8-5-14-10-15/h5,8,10-11H,2-4,6-7,9H2,1H3. The molecule has 0 unspecified atom stereocenters. The zero-order valence-electron chi connectivity index (χ0n) is 11.1. The number of carbonyl (C=O) groups excluding carboxylic acids is 2. The molecule has 2 heterocycles. The lowest BCUT2D eigenvalue weighted by molar-refractivity contribution is -0.160. The first-order chi connectivity index (χ1) is 9.20. The van der Waals surface area contributed by atoms with Gasteiger partial charge in [0.2, 0.25) is 0 Å². The van der Waals surface area contributed by atoms with Crippen molar-refractivity contribution < 1.29 is 14.3 Å². The van der Waals surface area contributed by atoms with Crippen LogP contribution in [0.5, 0.6) is 0 Å². The van der Waals surface area contributed by atoms with Gasteiger partial charge in [0.1, 0.15) is 0 Å². The molecule has 6 heteroatoms. The lowest BCUT2D eigenvalue weighted by Gasteiger charge is -2.31. The van der Waals surface area contributed by atoms with E-state index in [1.54, 1.807) is 24.3 Å². The first-order valence-electron chi connectivity index (χ1n) is 6.62. The van der Waals surface area contributed by atoms with Crippen LogP contribution in [0.25, 0.3) is 0 Å². The fraction of sp³-hybridized carbons (Fsp3) is 0.615. The number of imidazole rings is 1. The Balaban J connectivity index is 1.79. The van der Waals surface area contributed by atoms with Crippen LogP contribution in [0.2, 0.25) is 0 Å². The van der Waals surface area contributed by atoms with Crippen LogP contribution >= 0.6 is 0 Å². The number of ether oxygens (including phenoxy) is 1. The van der Waals surface area contributed by atoms with Gasteiger partial charge in [0.05, 0.1) is 12.9 Å². The van der Waals surface area contributed by atoms with Crippen LogP contribution in [0.15, 0.2) is 18.7 Å². The summed E-state index contributed by atoms with van der Waals surface area (Å²) < 4.78 is 6.78. The Kier molecular flexibility index (Phi) is 4.54. The second kappa shape index (κ2) is 6.36. The molecule has 0 aromatic carbocycles. The van der Waals surface area contributed by atoms with E-state index in [0.29, 0.717) is 19.0 Å². The van der Waals surface area contributed by atoms with Gasteiger partial charge < -0.3 is 14.2 Å². The van der Waals surface area contributed by atoms with Crippen molar-refractivity contribution in [2.24, 2.45) is 5.92 Å². The molecule has 0 radical (unpaired) electrons. The summed E-state index contributed by atoms with van der Waals surface area (Å²) in [6.07, 6.45) is 7.32. The molecule has 0 N–H and O–H groups in total. The number of aromatic nitrogens is 2. The molecule has 1 aliphatic rings. The highest BCUT2D eigenvalue weighted by atomic mass is 16.5. The normalized spacial score (nSPS) is 16.4. The number of hydrogen-bond donors (Lipinski definition) is 0. The van der Waals surface area contributed by atoms with E-state index in [0.717, 1.165) is 19.4 Å². The van der Waals surface area contributed by atoms with Crippen molar-refractivity contribution in [2.75, 3.05) is 19.7 Å². The van der Waals surface area contributed by atoms with Crippen LogP contribution < -0.4 is 0 Å². The van der Waals surface area contributed by atoms with Crippen LogP contribution in [0, 0.1) is 5.92 Å². The Hall–Kier alpha value is -1.85. The average molecular weight is 265 g/mol. The molecule has 1 amide bonds. The maximum Gasteiger partial charge on any atom is 0.397 e. The monoisotopic (exact) mass is 265 g/mol. The third-order valence-electron chi connectivity index (χ3n) is 3.38. The van der Waals surface area contributed by atoms with Crippen molar-refractivity contribution in [1.82, 2.24) is 14.5 Å². The van der Waals surface area contributed by atoms with Gasteiger partial charge in [-0.1, -0.05) is 0 Å². The van der Waals surface area contributed by atoms with Gasteiger partial charge in [-0.2, -0.15) is 0 Å². The minimum absolute atomic E-state index is 0.238. The quantitative estimate of drug-likeness (QED) is 0.595. The predicted molar refractivity (Wildman–Crippen MR) is 68.2 cm³/mol. The van der Waals surface area contributed by atoms with Crippen LogP contribution in [0.1, 0.15) is 19.8 Å². The van der Waals surface area contributed by atoms with E-state index in [-0.39, 0.29) is 6.61 Å². The second-order valence-corrected chi connectivity index (χ2v) is 4.72. The second-order valence-electron chi connectivity index (χ2n) is 4.72. The van der Waals surface area contributed by atoms with Gasteiger partial charge in [0.15, 0.2) is 0 Å². The number of rotatable bonds is 3. The lowest BCUT2D eigenvalue weighted by atomic mass is 9.96. The molecule has 1 aliphatic heterocycles. The summed E-state index contributed by atoms with van der Waals surface area (Å²) in [6.45, 7) is 4.10. The third-order valence-corrected chi connectivity index (χ3v) is 3.38. The third kappa shape index (κ3) is 3.56. The lowest BCUT2D eigenvalue weighted by Crippen LogP contribution is -2.43. The van der Waals surface area contributed by atoms with Gasteiger partial charge in [-0.3, -0.25) is 4.79 Å². The van der Waals surface area contributed by atoms with Gasteiger partial charge in [0.25, 0.3) is 0 Å². The van der Waals surface area contributed by atoms with Crippen molar-refractivity contribution in [2.45, 2.75) is 26.3 Å². The highest BCUT2D eigenvalue weighted by Crippen LogP contribution is 2.19. The van der Waals surface area contributed by atoms with Crippen molar-refractivity contribution in [3.63, 3.8) is 0 Å². The van der Waals surface area contributed by atoms with Crippen LogP contribution in [-0.2, 0) is 20.9 Å². The topological polar surface area (TPSA) is 64.4 Å². The zero-order chi connectivity index (χ0) is 13.7. The van der Waals surface area contributed by atoms with Crippen LogP contribution in [-0.4, -0.2) is 46.0 Å². The maximum absolute atomic E-state index is 11.7. The number of amides is 1. The summed E-state index contributed by atoms with van der Waals surface area (Å²) in [5.41, 5.74) is 0. The summed E-state index contributed by atoms with van der Waals surface area (Å²) in [7, 11) is 0. The highest BCUT2D eigenvalue weighted by Gasteiger charge is 2.27. The highest BCUT2D eigenvalue weighted by molar-refractivity contribution is 6.32. The predicted octanol–water partition coefficient (Wildman–Crippen LogP) is 0.685. The minimum Gasteiger partial charge on any atom is -0.459 e.